The highest BCUT2D eigenvalue weighted by molar-refractivity contribution is 5.88. The van der Waals surface area contributed by atoms with Crippen molar-refractivity contribution < 1.29 is 9.53 Å². The molecule has 29 heavy (non-hydrogen) atoms. The zero-order valence-electron chi connectivity index (χ0n) is 16.0. The third kappa shape index (κ3) is 3.17. The molecular formula is C19H20N8O2. The van der Waals surface area contributed by atoms with Crippen LogP contribution in [-0.4, -0.2) is 53.7 Å². The van der Waals surface area contributed by atoms with Crippen LogP contribution in [0.25, 0.3) is 28.2 Å². The number of hydrogen-bond acceptors (Lipinski definition) is 6. The number of anilines is 1. The number of H-pyrrole nitrogens is 1. The molecule has 5 rings (SSSR count). The molecule has 0 bridgehead atoms. The first-order chi connectivity index (χ1) is 14.1. The van der Waals surface area contributed by atoms with E-state index in [2.05, 4.69) is 25.7 Å². The summed E-state index contributed by atoms with van der Waals surface area (Å²) in [5.41, 5.74) is 3.82. The Balaban J connectivity index is 1.51. The Morgan fingerprint density at radius 1 is 1.28 bits per heavy atom. The van der Waals surface area contributed by atoms with Gasteiger partial charge in [-0.05, 0) is 18.9 Å². The minimum absolute atomic E-state index is 0.171. The van der Waals surface area contributed by atoms with Crippen molar-refractivity contribution >= 4 is 17.2 Å². The third-order valence-electron chi connectivity index (χ3n) is 5.19. The molecule has 0 unspecified atom stereocenters. The Labute approximate surface area is 165 Å². The Kier molecular flexibility index (Phi) is 4.13. The van der Waals surface area contributed by atoms with E-state index >= 15 is 0 Å². The number of aromatic nitrogens is 7. The van der Waals surface area contributed by atoms with Crippen LogP contribution in [0.5, 0.6) is 0 Å². The van der Waals surface area contributed by atoms with Gasteiger partial charge in [0.05, 0.1) is 41.9 Å². The van der Waals surface area contributed by atoms with Gasteiger partial charge in [-0.1, -0.05) is 0 Å². The van der Waals surface area contributed by atoms with E-state index in [1.807, 2.05) is 29.3 Å². The molecule has 1 saturated carbocycles. The van der Waals surface area contributed by atoms with Gasteiger partial charge in [-0.25, -0.2) is 9.50 Å². The van der Waals surface area contributed by atoms with Crippen molar-refractivity contribution in [2.24, 2.45) is 0 Å². The van der Waals surface area contributed by atoms with Gasteiger partial charge < -0.3 is 10.1 Å². The molecule has 1 aliphatic rings. The van der Waals surface area contributed by atoms with Gasteiger partial charge in [0.1, 0.15) is 17.2 Å². The maximum Gasteiger partial charge on any atom is 0.222 e. The fraction of sp³-hybridized carbons (Fsp3) is 0.316. The molecule has 10 nitrogen and oxygen atoms in total. The van der Waals surface area contributed by atoms with Gasteiger partial charge in [0.25, 0.3) is 0 Å². The third-order valence-corrected chi connectivity index (χ3v) is 5.19. The van der Waals surface area contributed by atoms with Crippen LogP contribution in [0.4, 0.5) is 5.82 Å². The minimum atomic E-state index is -0.171. The molecule has 1 fully saturated rings. The molecule has 0 spiro atoms. The Morgan fingerprint density at radius 2 is 2.14 bits per heavy atom. The number of hydrogen-bond donors (Lipinski definition) is 2. The fourth-order valence-electron chi connectivity index (χ4n) is 3.58. The lowest BCUT2D eigenvalue weighted by Gasteiger charge is -2.34. The molecule has 0 atom stereocenters. The second-order valence-electron chi connectivity index (χ2n) is 7.18. The van der Waals surface area contributed by atoms with Crippen molar-refractivity contribution in [1.29, 1.82) is 0 Å². The van der Waals surface area contributed by atoms with E-state index in [0.29, 0.717) is 29.4 Å². The highest BCUT2D eigenvalue weighted by Gasteiger charge is 2.31. The number of rotatable bonds is 5. The Hall–Kier alpha value is -3.53. The molecule has 1 aliphatic carbocycles. The Morgan fingerprint density at radius 3 is 2.93 bits per heavy atom. The smallest absolute Gasteiger partial charge is 0.222 e. The monoisotopic (exact) mass is 392 g/mol. The normalized spacial score (nSPS) is 18.7. The number of nitrogens with one attached hydrogen (secondary N) is 2. The number of methoxy groups -OCH3 is 1. The molecule has 0 aromatic carbocycles. The number of nitrogens with zero attached hydrogens (tertiary/aromatic N) is 6. The molecule has 2 N–H and O–H groups in total. The molecule has 0 aliphatic heterocycles. The quantitative estimate of drug-likeness (QED) is 0.538. The number of amides is 1. The molecule has 4 aromatic rings. The van der Waals surface area contributed by atoms with Crippen molar-refractivity contribution in [1.82, 2.24) is 34.6 Å². The largest absolute Gasteiger partial charge is 0.381 e. The summed E-state index contributed by atoms with van der Waals surface area (Å²) in [6.07, 6.45) is 9.63. The maximum atomic E-state index is 11.3. The summed E-state index contributed by atoms with van der Waals surface area (Å²) in [4.78, 5) is 16.1. The molecule has 4 heterocycles. The van der Waals surface area contributed by atoms with Crippen LogP contribution in [0, 0.1) is 0 Å². The van der Waals surface area contributed by atoms with E-state index in [1.54, 1.807) is 23.9 Å². The standard InChI is InChI=1S/C19H20N8O2/c1-11(28)22-18-7-15(24-25-18)16-10-27-17(3-4-20-27)19(23-16)12-8-21-26(9-12)13-5-14(6-13)29-2/h3-4,7-10,13-14H,5-6H2,1-2H3,(H2,22,24,25,28)/t13-,14-. The highest BCUT2D eigenvalue weighted by atomic mass is 16.5. The first-order valence-electron chi connectivity index (χ1n) is 9.36. The van der Waals surface area contributed by atoms with E-state index < -0.39 is 0 Å². The van der Waals surface area contributed by atoms with E-state index in [1.165, 1.54) is 6.92 Å². The van der Waals surface area contributed by atoms with Crippen LogP contribution in [0.1, 0.15) is 25.8 Å². The predicted molar refractivity (Wildman–Crippen MR) is 105 cm³/mol. The van der Waals surface area contributed by atoms with Crippen molar-refractivity contribution in [3.05, 3.63) is 36.9 Å². The number of fused-ring (bicyclic) bond motifs is 1. The molecule has 10 heteroatoms. The first-order valence-corrected chi connectivity index (χ1v) is 9.36. The zero-order valence-corrected chi connectivity index (χ0v) is 16.0. The van der Waals surface area contributed by atoms with E-state index in [9.17, 15) is 4.79 Å². The van der Waals surface area contributed by atoms with Crippen molar-refractivity contribution in [3.63, 3.8) is 0 Å². The lowest BCUT2D eigenvalue weighted by Crippen LogP contribution is -2.32. The zero-order chi connectivity index (χ0) is 20.0. The van der Waals surface area contributed by atoms with Gasteiger partial charge in [0.15, 0.2) is 0 Å². The van der Waals surface area contributed by atoms with Crippen molar-refractivity contribution in [2.45, 2.75) is 31.9 Å². The van der Waals surface area contributed by atoms with Crippen LogP contribution in [0.2, 0.25) is 0 Å². The number of ether oxygens (including phenoxy) is 1. The van der Waals surface area contributed by atoms with Crippen molar-refractivity contribution in [2.75, 3.05) is 12.4 Å². The topological polar surface area (TPSA) is 115 Å². The summed E-state index contributed by atoms with van der Waals surface area (Å²) in [5, 5.41) is 18.6. The fourth-order valence-corrected chi connectivity index (χ4v) is 3.58. The molecular weight excluding hydrogens is 372 g/mol. The lowest BCUT2D eigenvalue weighted by atomic mass is 9.89. The number of carbonyl (C=O) groups excluding carboxylic acids is 1. The predicted octanol–water partition coefficient (Wildman–Crippen LogP) is 2.29. The SMILES string of the molecule is CO[C@H]1C[C@H](n2cc(-c3nc(-c4cc(NC(C)=O)[nH]n4)cn4nccc34)cn2)C1. The van der Waals surface area contributed by atoms with Crippen LogP contribution < -0.4 is 5.32 Å². The molecule has 148 valence electrons. The van der Waals surface area contributed by atoms with Gasteiger partial charge in [-0.15, -0.1) is 0 Å². The molecule has 0 saturated heterocycles. The highest BCUT2D eigenvalue weighted by Crippen LogP contribution is 2.35. The van der Waals surface area contributed by atoms with E-state index in [-0.39, 0.29) is 5.91 Å². The Bertz CT molecular complexity index is 1180. The van der Waals surface area contributed by atoms with Gasteiger partial charge in [-0.3, -0.25) is 14.6 Å². The summed E-state index contributed by atoms with van der Waals surface area (Å²) >= 11 is 0. The van der Waals surface area contributed by atoms with Crippen molar-refractivity contribution in [3.8, 4) is 22.6 Å². The maximum absolute atomic E-state index is 11.3. The summed E-state index contributed by atoms with van der Waals surface area (Å²) < 4.78 is 9.12. The lowest BCUT2D eigenvalue weighted by molar-refractivity contribution is -0.114. The first kappa shape index (κ1) is 17.6. The summed E-state index contributed by atoms with van der Waals surface area (Å²) in [6.45, 7) is 1.45. The molecule has 0 radical (unpaired) electrons. The number of carbonyl (C=O) groups is 1. The number of aromatic amines is 1. The van der Waals surface area contributed by atoms with Crippen LogP contribution >= 0.6 is 0 Å². The van der Waals surface area contributed by atoms with E-state index in [4.69, 9.17) is 9.72 Å². The average Bonchev–Trinajstić information content (AvgIpc) is 3.40. The van der Waals surface area contributed by atoms with Crippen LogP contribution in [0.3, 0.4) is 0 Å². The minimum Gasteiger partial charge on any atom is -0.381 e. The molecule has 1 amide bonds. The van der Waals surface area contributed by atoms with Gasteiger partial charge in [0, 0.05) is 31.9 Å². The summed E-state index contributed by atoms with van der Waals surface area (Å²) in [6, 6.07) is 4.01. The van der Waals surface area contributed by atoms with Crippen LogP contribution in [-0.2, 0) is 9.53 Å². The van der Waals surface area contributed by atoms with Gasteiger partial charge in [0.2, 0.25) is 5.91 Å². The molecule has 4 aromatic heterocycles. The summed E-state index contributed by atoms with van der Waals surface area (Å²) in [7, 11) is 1.74. The average molecular weight is 392 g/mol. The second-order valence-corrected chi connectivity index (χ2v) is 7.18. The van der Waals surface area contributed by atoms with Gasteiger partial charge in [-0.2, -0.15) is 15.3 Å². The van der Waals surface area contributed by atoms with Crippen LogP contribution in [0.15, 0.2) is 36.9 Å². The van der Waals surface area contributed by atoms with E-state index in [0.717, 1.165) is 29.6 Å². The second kappa shape index (κ2) is 6.82. The van der Waals surface area contributed by atoms with Gasteiger partial charge >= 0.3 is 0 Å². The summed E-state index contributed by atoms with van der Waals surface area (Å²) in [5.74, 6) is 0.345.